The topological polar surface area (TPSA) is 84.0 Å². The molecule has 7 heteroatoms. The Hall–Kier alpha value is -3.74. The average molecular weight is 471 g/mol. The number of esters is 1. The van der Waals surface area contributed by atoms with Crippen LogP contribution in [-0.4, -0.2) is 30.2 Å². The Morgan fingerprint density at radius 1 is 0.886 bits per heavy atom. The van der Waals surface area contributed by atoms with Gasteiger partial charge in [0, 0.05) is 24.7 Å². The monoisotopic (exact) mass is 470 g/mol. The number of hydrogen-bond donors (Lipinski definition) is 0. The highest BCUT2D eigenvalue weighted by Crippen LogP contribution is 2.53. The molecule has 2 heterocycles. The van der Waals surface area contributed by atoms with Crippen molar-refractivity contribution < 1.29 is 23.9 Å². The lowest BCUT2D eigenvalue weighted by molar-refractivity contribution is -0.139. The summed E-state index contributed by atoms with van der Waals surface area (Å²) < 4.78 is 5.62. The Kier molecular flexibility index (Phi) is 4.91. The zero-order valence-electron chi connectivity index (χ0n) is 19.6. The fourth-order valence-electron chi connectivity index (χ4n) is 6.26. The lowest BCUT2D eigenvalue weighted by Gasteiger charge is -2.19. The van der Waals surface area contributed by atoms with Crippen molar-refractivity contribution in [2.75, 3.05) is 16.3 Å². The Bertz CT molecular complexity index is 1260. The standard InChI is InChI=1S/C28H26N2O5/c1-15-8-16(2)10-21(9-15)29-14-19(12-23(29)31)28(34)35-22-5-3-4-20(13-22)30-26(32)24-17-6-7-18(11-17)25(24)27(30)33/h3-10,13,17-19,24-25H,11-12,14H2,1-2H3/t17-,18-,19-,24-,25-/m0/s1. The molecule has 35 heavy (non-hydrogen) atoms. The minimum absolute atomic E-state index is 0.0771. The molecule has 4 aliphatic rings. The molecule has 0 radical (unpaired) electrons. The van der Waals surface area contributed by atoms with E-state index < -0.39 is 11.9 Å². The number of fused-ring (bicyclic) bond motifs is 5. The zero-order valence-corrected chi connectivity index (χ0v) is 19.6. The van der Waals surface area contributed by atoms with Crippen molar-refractivity contribution in [3.05, 3.63) is 65.7 Å². The fraction of sp³-hybridized carbons (Fsp3) is 0.357. The first kappa shape index (κ1) is 21.8. The van der Waals surface area contributed by atoms with Crippen LogP contribution in [0.25, 0.3) is 0 Å². The summed E-state index contributed by atoms with van der Waals surface area (Å²) >= 11 is 0. The summed E-state index contributed by atoms with van der Waals surface area (Å²) in [4.78, 5) is 54.7. The minimum atomic E-state index is -0.594. The summed E-state index contributed by atoms with van der Waals surface area (Å²) in [5, 5.41) is 0. The van der Waals surface area contributed by atoms with E-state index in [-0.39, 0.29) is 60.1 Å². The van der Waals surface area contributed by atoms with Gasteiger partial charge in [0.1, 0.15) is 5.75 Å². The van der Waals surface area contributed by atoms with E-state index in [2.05, 4.69) is 12.2 Å². The quantitative estimate of drug-likeness (QED) is 0.295. The highest BCUT2D eigenvalue weighted by atomic mass is 16.5. The van der Waals surface area contributed by atoms with Crippen LogP contribution in [0.15, 0.2) is 54.6 Å². The summed E-state index contributed by atoms with van der Waals surface area (Å²) in [6.45, 7) is 4.20. The number of aryl methyl sites for hydroxylation is 2. The molecule has 3 amide bonds. The molecule has 7 nitrogen and oxygen atoms in total. The number of rotatable bonds is 4. The second-order valence-corrected chi connectivity index (χ2v) is 10.2. The molecule has 1 saturated carbocycles. The van der Waals surface area contributed by atoms with E-state index in [0.717, 1.165) is 23.2 Å². The molecule has 0 unspecified atom stereocenters. The van der Waals surface area contributed by atoms with Gasteiger partial charge in [-0.1, -0.05) is 24.3 Å². The summed E-state index contributed by atoms with van der Waals surface area (Å²) in [5.74, 6) is -1.62. The summed E-state index contributed by atoms with van der Waals surface area (Å²) in [7, 11) is 0. The molecule has 2 bridgehead atoms. The van der Waals surface area contributed by atoms with Gasteiger partial charge >= 0.3 is 5.97 Å². The number of anilines is 2. The number of imide groups is 1. The van der Waals surface area contributed by atoms with E-state index in [1.165, 1.54) is 4.90 Å². The third-order valence-corrected chi connectivity index (χ3v) is 7.74. The Morgan fingerprint density at radius 3 is 2.20 bits per heavy atom. The molecular weight excluding hydrogens is 444 g/mol. The molecule has 5 atom stereocenters. The van der Waals surface area contributed by atoms with Crippen molar-refractivity contribution in [2.45, 2.75) is 26.7 Å². The molecule has 178 valence electrons. The molecule has 3 fully saturated rings. The SMILES string of the molecule is Cc1cc(C)cc(N2C[C@@H](C(=O)Oc3cccc(N4C(=O)[C@@H]5[C@@H](C4=O)[C@H]4C=C[C@H]5C4)c3)CC2=O)c1. The number of carbonyl (C=O) groups is 4. The molecule has 0 N–H and O–H groups in total. The lowest BCUT2D eigenvalue weighted by atomic mass is 9.85. The van der Waals surface area contributed by atoms with E-state index in [1.807, 2.05) is 32.0 Å². The third kappa shape index (κ3) is 3.49. The van der Waals surface area contributed by atoms with Crippen LogP contribution in [-0.2, 0) is 19.2 Å². The molecule has 2 saturated heterocycles. The first-order valence-corrected chi connectivity index (χ1v) is 12.1. The molecule has 0 spiro atoms. The minimum Gasteiger partial charge on any atom is -0.426 e. The second kappa shape index (κ2) is 7.90. The highest BCUT2D eigenvalue weighted by molar-refractivity contribution is 6.22. The van der Waals surface area contributed by atoms with Crippen LogP contribution in [0.1, 0.15) is 24.0 Å². The number of nitrogens with zero attached hydrogens (tertiary/aromatic N) is 2. The van der Waals surface area contributed by atoms with Crippen molar-refractivity contribution in [3.63, 3.8) is 0 Å². The van der Waals surface area contributed by atoms with Crippen molar-refractivity contribution in [2.24, 2.45) is 29.6 Å². The van der Waals surface area contributed by atoms with Crippen LogP contribution in [0.3, 0.4) is 0 Å². The highest BCUT2D eigenvalue weighted by Gasteiger charge is 2.59. The van der Waals surface area contributed by atoms with Crippen LogP contribution >= 0.6 is 0 Å². The van der Waals surface area contributed by atoms with E-state index in [0.29, 0.717) is 5.69 Å². The number of benzene rings is 2. The normalized spacial score (nSPS) is 28.9. The van der Waals surface area contributed by atoms with Gasteiger partial charge in [-0.15, -0.1) is 0 Å². The maximum Gasteiger partial charge on any atom is 0.316 e. The molecule has 6 rings (SSSR count). The first-order valence-electron chi connectivity index (χ1n) is 12.1. The average Bonchev–Trinajstić information content (AvgIpc) is 3.57. The number of hydrogen-bond acceptors (Lipinski definition) is 5. The van der Waals surface area contributed by atoms with Crippen molar-refractivity contribution in [1.29, 1.82) is 0 Å². The van der Waals surface area contributed by atoms with Crippen LogP contribution in [0.2, 0.25) is 0 Å². The third-order valence-electron chi connectivity index (χ3n) is 7.74. The number of carbonyl (C=O) groups excluding carboxylic acids is 4. The van der Waals surface area contributed by atoms with Gasteiger partial charge in [0.2, 0.25) is 17.7 Å². The predicted molar refractivity (Wildman–Crippen MR) is 129 cm³/mol. The van der Waals surface area contributed by atoms with Crippen molar-refractivity contribution >= 4 is 35.1 Å². The maximum absolute atomic E-state index is 13.1. The van der Waals surface area contributed by atoms with E-state index in [9.17, 15) is 19.2 Å². The molecule has 2 aromatic rings. The Morgan fingerprint density at radius 2 is 1.54 bits per heavy atom. The number of allylic oxidation sites excluding steroid dienone is 2. The van der Waals surface area contributed by atoms with Crippen molar-refractivity contribution in [3.8, 4) is 5.75 Å². The van der Waals surface area contributed by atoms with Crippen LogP contribution < -0.4 is 14.5 Å². The van der Waals surface area contributed by atoms with Gasteiger partial charge in [-0.05, 0) is 67.5 Å². The summed E-state index contributed by atoms with van der Waals surface area (Å²) in [6, 6.07) is 12.4. The smallest absolute Gasteiger partial charge is 0.316 e. The van der Waals surface area contributed by atoms with Crippen LogP contribution in [0, 0.1) is 43.4 Å². The Balaban J connectivity index is 1.17. The van der Waals surface area contributed by atoms with Gasteiger partial charge < -0.3 is 9.64 Å². The lowest BCUT2D eigenvalue weighted by Crippen LogP contribution is -2.32. The van der Waals surface area contributed by atoms with E-state index in [1.54, 1.807) is 29.2 Å². The molecule has 0 aromatic heterocycles. The van der Waals surface area contributed by atoms with Crippen LogP contribution in [0.4, 0.5) is 11.4 Å². The van der Waals surface area contributed by atoms with Gasteiger partial charge in [-0.3, -0.25) is 19.2 Å². The predicted octanol–water partition coefficient (Wildman–Crippen LogP) is 3.57. The van der Waals surface area contributed by atoms with E-state index >= 15 is 0 Å². The van der Waals surface area contributed by atoms with Gasteiger partial charge in [0.15, 0.2) is 0 Å². The molecule has 2 aliphatic carbocycles. The van der Waals surface area contributed by atoms with Gasteiger partial charge in [-0.25, -0.2) is 4.90 Å². The first-order chi connectivity index (χ1) is 16.8. The number of ether oxygens (including phenoxy) is 1. The van der Waals surface area contributed by atoms with Crippen molar-refractivity contribution in [1.82, 2.24) is 0 Å². The van der Waals surface area contributed by atoms with Crippen LogP contribution in [0.5, 0.6) is 5.75 Å². The molecule has 2 aliphatic heterocycles. The Labute approximate surface area is 203 Å². The largest absolute Gasteiger partial charge is 0.426 e. The second-order valence-electron chi connectivity index (χ2n) is 10.2. The zero-order chi connectivity index (χ0) is 24.4. The summed E-state index contributed by atoms with van der Waals surface area (Å²) in [5.41, 5.74) is 3.30. The maximum atomic E-state index is 13.1. The van der Waals surface area contributed by atoms with E-state index in [4.69, 9.17) is 4.74 Å². The van der Waals surface area contributed by atoms with Gasteiger partial charge in [0.25, 0.3) is 0 Å². The fourth-order valence-corrected chi connectivity index (χ4v) is 6.26. The molecular formula is C28H26N2O5. The number of amides is 3. The summed E-state index contributed by atoms with van der Waals surface area (Å²) in [6.07, 6.45) is 5.07. The van der Waals surface area contributed by atoms with Gasteiger partial charge in [-0.2, -0.15) is 0 Å². The van der Waals surface area contributed by atoms with Gasteiger partial charge in [0.05, 0.1) is 23.4 Å². The molecule has 2 aromatic carbocycles.